The van der Waals surface area contributed by atoms with Crippen molar-refractivity contribution in [2.45, 2.75) is 6.54 Å². The molecule has 0 aromatic heterocycles. The van der Waals surface area contributed by atoms with Gasteiger partial charge in [0.05, 0.1) is 12.5 Å². The van der Waals surface area contributed by atoms with Gasteiger partial charge in [0.2, 0.25) is 0 Å². The largest absolute Gasteiger partial charge is 0.546 e. The summed E-state index contributed by atoms with van der Waals surface area (Å²) in [6.45, 7) is -0.890. The first-order valence-corrected chi connectivity index (χ1v) is 8.84. The van der Waals surface area contributed by atoms with Crippen LogP contribution in [-0.4, -0.2) is 29.4 Å². The number of urea groups is 1. The Morgan fingerprint density at radius 2 is 2.00 bits per heavy atom. The molecule has 0 aliphatic carbocycles. The Hall–Kier alpha value is -3.20. The number of rotatable bonds is 6. The third kappa shape index (κ3) is 4.37. The van der Waals surface area contributed by atoms with Crippen molar-refractivity contribution in [3.63, 3.8) is 0 Å². The zero-order valence-corrected chi connectivity index (χ0v) is 15.9. The van der Waals surface area contributed by atoms with E-state index >= 15 is 0 Å². The van der Waals surface area contributed by atoms with Crippen LogP contribution in [0.3, 0.4) is 0 Å². The summed E-state index contributed by atoms with van der Waals surface area (Å²) in [5, 5.41) is 13.1. The highest BCUT2D eigenvalue weighted by atomic mass is 79.9. The molecule has 0 saturated carbocycles. The van der Waals surface area contributed by atoms with E-state index in [0.717, 1.165) is 4.90 Å². The van der Waals surface area contributed by atoms with Crippen molar-refractivity contribution in [1.82, 2.24) is 10.2 Å². The summed E-state index contributed by atoms with van der Waals surface area (Å²) >= 11 is 3.28. The number of halogens is 2. The highest BCUT2D eigenvalue weighted by molar-refractivity contribution is 9.10. The Morgan fingerprint density at radius 1 is 1.25 bits per heavy atom. The van der Waals surface area contributed by atoms with Crippen molar-refractivity contribution in [2.75, 3.05) is 6.61 Å². The molecule has 0 bridgehead atoms. The van der Waals surface area contributed by atoms with Gasteiger partial charge in [0.25, 0.3) is 5.91 Å². The standard InChI is InChI=1S/C19H14BrFN2O5/c20-13-5-6-16(28-10-17(24)25)12(7-13)8-15-18(26)23(19(27)22-15)9-11-3-1-2-4-14(11)21/h1-8H,9-10H2,(H,22,27)(H,24,25)/p-1. The van der Waals surface area contributed by atoms with E-state index in [1.807, 2.05) is 0 Å². The quantitative estimate of drug-likeness (QED) is 0.537. The molecule has 0 radical (unpaired) electrons. The van der Waals surface area contributed by atoms with E-state index in [-0.39, 0.29) is 23.6 Å². The summed E-state index contributed by atoms with van der Waals surface area (Å²) in [4.78, 5) is 36.3. The van der Waals surface area contributed by atoms with Crippen LogP contribution in [0.2, 0.25) is 0 Å². The van der Waals surface area contributed by atoms with Gasteiger partial charge >= 0.3 is 6.03 Å². The summed E-state index contributed by atoms with van der Waals surface area (Å²) in [5.74, 6) is -2.37. The predicted molar refractivity (Wildman–Crippen MR) is 98.1 cm³/mol. The van der Waals surface area contributed by atoms with Crippen LogP contribution in [0.1, 0.15) is 11.1 Å². The van der Waals surface area contributed by atoms with E-state index in [4.69, 9.17) is 4.74 Å². The first-order valence-electron chi connectivity index (χ1n) is 8.05. The number of aliphatic carboxylic acids is 1. The number of hydrogen-bond acceptors (Lipinski definition) is 5. The number of carbonyl (C=O) groups excluding carboxylic acids is 3. The van der Waals surface area contributed by atoms with Gasteiger partial charge in [0, 0.05) is 15.6 Å². The van der Waals surface area contributed by atoms with Crippen LogP contribution >= 0.6 is 15.9 Å². The number of carboxylic acid groups (broad SMARTS) is 1. The zero-order valence-electron chi connectivity index (χ0n) is 14.3. The lowest BCUT2D eigenvalue weighted by Gasteiger charge is -2.12. The number of ether oxygens (including phenoxy) is 1. The fourth-order valence-electron chi connectivity index (χ4n) is 2.57. The molecular formula is C19H13BrFN2O5-. The minimum Gasteiger partial charge on any atom is -0.546 e. The first-order chi connectivity index (χ1) is 13.3. The summed E-state index contributed by atoms with van der Waals surface area (Å²) in [6.07, 6.45) is 1.36. The van der Waals surface area contributed by atoms with Crippen LogP contribution in [0.15, 0.2) is 52.6 Å². The second-order valence-corrected chi connectivity index (χ2v) is 6.73. The highest BCUT2D eigenvalue weighted by Gasteiger charge is 2.34. The number of carbonyl (C=O) groups is 3. The summed E-state index contributed by atoms with van der Waals surface area (Å²) in [7, 11) is 0. The highest BCUT2D eigenvalue weighted by Crippen LogP contribution is 2.27. The van der Waals surface area contributed by atoms with Gasteiger partial charge in [-0.1, -0.05) is 34.1 Å². The van der Waals surface area contributed by atoms with Gasteiger partial charge in [-0.25, -0.2) is 9.18 Å². The minimum atomic E-state index is -1.40. The molecule has 0 spiro atoms. The molecule has 1 fully saturated rings. The Bertz CT molecular complexity index is 992. The number of nitrogens with one attached hydrogen (secondary N) is 1. The molecule has 1 N–H and O–H groups in total. The van der Waals surface area contributed by atoms with Gasteiger partial charge in [-0.3, -0.25) is 9.69 Å². The first kappa shape index (κ1) is 19.6. The Balaban J connectivity index is 1.86. The number of nitrogens with zero attached hydrogens (tertiary/aromatic N) is 1. The lowest BCUT2D eigenvalue weighted by molar-refractivity contribution is -0.307. The van der Waals surface area contributed by atoms with E-state index in [2.05, 4.69) is 21.2 Å². The van der Waals surface area contributed by atoms with Gasteiger partial charge in [-0.05, 0) is 30.3 Å². The van der Waals surface area contributed by atoms with Crippen molar-refractivity contribution in [1.29, 1.82) is 0 Å². The Morgan fingerprint density at radius 3 is 2.71 bits per heavy atom. The SMILES string of the molecule is O=C([O-])COc1ccc(Br)cc1C=C1NC(=O)N(Cc2ccccc2F)C1=O. The minimum absolute atomic E-state index is 0.0438. The molecule has 2 aromatic carbocycles. The van der Waals surface area contributed by atoms with Crippen LogP contribution in [0.5, 0.6) is 5.75 Å². The van der Waals surface area contributed by atoms with E-state index in [1.54, 1.807) is 18.2 Å². The van der Waals surface area contributed by atoms with Gasteiger partial charge < -0.3 is 20.0 Å². The second kappa shape index (κ2) is 8.22. The molecule has 7 nitrogen and oxygen atoms in total. The topological polar surface area (TPSA) is 98.8 Å². The molecule has 144 valence electrons. The normalized spacial score (nSPS) is 15.1. The number of carboxylic acids is 1. The molecule has 0 atom stereocenters. The third-order valence-electron chi connectivity index (χ3n) is 3.87. The monoisotopic (exact) mass is 447 g/mol. The molecular weight excluding hydrogens is 435 g/mol. The smallest absolute Gasteiger partial charge is 0.329 e. The maximum absolute atomic E-state index is 13.8. The lowest BCUT2D eigenvalue weighted by atomic mass is 10.1. The third-order valence-corrected chi connectivity index (χ3v) is 4.36. The zero-order chi connectivity index (χ0) is 20.3. The molecule has 0 unspecified atom stereocenters. The molecule has 1 heterocycles. The van der Waals surface area contributed by atoms with E-state index in [0.29, 0.717) is 10.0 Å². The second-order valence-electron chi connectivity index (χ2n) is 5.81. The molecule has 28 heavy (non-hydrogen) atoms. The van der Waals surface area contributed by atoms with Crippen molar-refractivity contribution >= 4 is 39.9 Å². The van der Waals surface area contributed by atoms with Gasteiger partial charge in [0.1, 0.15) is 23.9 Å². The van der Waals surface area contributed by atoms with Crippen LogP contribution in [0.4, 0.5) is 9.18 Å². The van der Waals surface area contributed by atoms with Gasteiger partial charge in [-0.2, -0.15) is 0 Å². The van der Waals surface area contributed by atoms with Crippen LogP contribution in [0, 0.1) is 5.82 Å². The van der Waals surface area contributed by atoms with Crippen molar-refractivity contribution < 1.29 is 28.6 Å². The van der Waals surface area contributed by atoms with Gasteiger partial charge in [-0.15, -0.1) is 0 Å². The molecule has 3 rings (SSSR count). The summed E-state index contributed by atoms with van der Waals surface area (Å²) < 4.78 is 19.6. The Kier molecular flexibility index (Phi) is 5.74. The fourth-order valence-corrected chi connectivity index (χ4v) is 2.95. The maximum Gasteiger partial charge on any atom is 0.329 e. The van der Waals surface area contributed by atoms with Crippen molar-refractivity contribution in [2.24, 2.45) is 0 Å². The van der Waals surface area contributed by atoms with Crippen molar-refractivity contribution in [3.05, 3.63) is 69.6 Å². The number of benzene rings is 2. The fraction of sp³-hybridized carbons (Fsp3) is 0.105. The van der Waals surface area contributed by atoms with E-state index in [9.17, 15) is 23.9 Å². The van der Waals surface area contributed by atoms with Crippen LogP contribution in [0.25, 0.3) is 6.08 Å². The molecule has 9 heteroatoms. The average Bonchev–Trinajstić information content (AvgIpc) is 2.90. The van der Waals surface area contributed by atoms with E-state index < -0.39 is 30.3 Å². The molecule has 1 saturated heterocycles. The molecule has 3 amide bonds. The van der Waals surface area contributed by atoms with Crippen LogP contribution < -0.4 is 15.2 Å². The number of amides is 3. The maximum atomic E-state index is 13.8. The lowest BCUT2D eigenvalue weighted by Crippen LogP contribution is -2.30. The number of hydrogen-bond donors (Lipinski definition) is 1. The average molecular weight is 448 g/mol. The number of imide groups is 1. The Labute approximate surface area is 167 Å². The van der Waals surface area contributed by atoms with Crippen molar-refractivity contribution in [3.8, 4) is 5.75 Å². The summed E-state index contributed by atoms with van der Waals surface area (Å²) in [6, 6.07) is 9.89. The van der Waals surface area contributed by atoms with E-state index in [1.165, 1.54) is 30.3 Å². The van der Waals surface area contributed by atoms with Gasteiger partial charge in [0.15, 0.2) is 0 Å². The molecule has 1 aliphatic heterocycles. The summed E-state index contributed by atoms with van der Waals surface area (Å²) in [5.41, 5.74) is 0.525. The molecule has 1 aliphatic rings. The van der Waals surface area contributed by atoms with Crippen LogP contribution in [-0.2, 0) is 16.1 Å². The predicted octanol–water partition coefficient (Wildman–Crippen LogP) is 1.81. The molecule has 2 aromatic rings.